The average Bonchev–Trinajstić information content (AvgIpc) is 2.24. The van der Waals surface area contributed by atoms with Crippen LogP contribution in [0.4, 0.5) is 11.4 Å². The summed E-state index contributed by atoms with van der Waals surface area (Å²) in [5, 5.41) is 6.17. The van der Waals surface area contributed by atoms with Crippen molar-refractivity contribution in [1.29, 1.82) is 0 Å². The van der Waals surface area contributed by atoms with Crippen LogP contribution in [0.3, 0.4) is 0 Å². The first-order valence-electron chi connectivity index (χ1n) is 5.00. The van der Waals surface area contributed by atoms with E-state index < -0.39 is 0 Å². The molecule has 80 valence electrons. The van der Waals surface area contributed by atoms with Crippen LogP contribution in [-0.2, 0) is 4.79 Å². The van der Waals surface area contributed by atoms with E-state index in [-0.39, 0.29) is 11.9 Å². The van der Waals surface area contributed by atoms with E-state index in [1.165, 1.54) is 0 Å². The van der Waals surface area contributed by atoms with Gasteiger partial charge in [-0.3, -0.25) is 4.79 Å². The van der Waals surface area contributed by atoms with E-state index in [1.54, 1.807) is 0 Å². The van der Waals surface area contributed by atoms with Crippen molar-refractivity contribution in [2.45, 2.75) is 26.3 Å². The SMILES string of the molecule is CCC1Nc2ccc(Br)c(C)c2NC1=O. The number of anilines is 2. The number of halogens is 1. The van der Waals surface area contributed by atoms with Gasteiger partial charge in [0.15, 0.2) is 0 Å². The van der Waals surface area contributed by atoms with Gasteiger partial charge >= 0.3 is 0 Å². The number of amides is 1. The number of hydrogen-bond donors (Lipinski definition) is 2. The van der Waals surface area contributed by atoms with Gasteiger partial charge in [-0.15, -0.1) is 0 Å². The molecule has 4 heteroatoms. The minimum atomic E-state index is -0.113. The number of hydrogen-bond acceptors (Lipinski definition) is 2. The molecule has 2 rings (SSSR count). The molecule has 0 saturated carbocycles. The summed E-state index contributed by atoms with van der Waals surface area (Å²) in [6.45, 7) is 3.98. The van der Waals surface area contributed by atoms with Crippen molar-refractivity contribution in [2.24, 2.45) is 0 Å². The Bertz CT molecular complexity index is 417. The molecule has 3 nitrogen and oxygen atoms in total. The molecule has 1 amide bonds. The molecule has 1 aliphatic heterocycles. The fourth-order valence-electron chi connectivity index (χ4n) is 1.72. The highest BCUT2D eigenvalue weighted by molar-refractivity contribution is 9.10. The van der Waals surface area contributed by atoms with E-state index in [4.69, 9.17) is 0 Å². The molecule has 2 N–H and O–H groups in total. The van der Waals surface area contributed by atoms with Gasteiger partial charge in [0.1, 0.15) is 6.04 Å². The molecule has 1 heterocycles. The maximum atomic E-state index is 11.7. The van der Waals surface area contributed by atoms with Gasteiger partial charge in [-0.2, -0.15) is 0 Å². The van der Waals surface area contributed by atoms with Gasteiger partial charge in [-0.05, 0) is 31.0 Å². The summed E-state index contributed by atoms with van der Waals surface area (Å²) in [5.74, 6) is 0.0474. The number of fused-ring (bicyclic) bond motifs is 1. The maximum absolute atomic E-state index is 11.7. The van der Waals surface area contributed by atoms with Crippen molar-refractivity contribution in [3.05, 3.63) is 22.2 Å². The Morgan fingerprint density at radius 3 is 2.87 bits per heavy atom. The molecule has 0 radical (unpaired) electrons. The third-order valence-electron chi connectivity index (χ3n) is 2.70. The lowest BCUT2D eigenvalue weighted by molar-refractivity contribution is -0.117. The fraction of sp³-hybridized carbons (Fsp3) is 0.364. The molecule has 0 fully saturated rings. The first-order valence-corrected chi connectivity index (χ1v) is 5.79. The summed E-state index contributed by atoms with van der Waals surface area (Å²) in [4.78, 5) is 11.7. The summed E-state index contributed by atoms with van der Waals surface area (Å²) in [6, 6.07) is 3.86. The summed E-state index contributed by atoms with van der Waals surface area (Å²) >= 11 is 3.45. The lowest BCUT2D eigenvalue weighted by Crippen LogP contribution is -2.38. The van der Waals surface area contributed by atoms with Crippen LogP contribution < -0.4 is 10.6 Å². The summed E-state index contributed by atoms with van der Waals surface area (Å²) in [5.41, 5.74) is 2.95. The van der Waals surface area contributed by atoms with Crippen molar-refractivity contribution in [2.75, 3.05) is 10.6 Å². The lowest BCUT2D eigenvalue weighted by Gasteiger charge is -2.27. The van der Waals surface area contributed by atoms with E-state index >= 15 is 0 Å². The van der Waals surface area contributed by atoms with E-state index in [2.05, 4.69) is 26.6 Å². The molecule has 0 saturated heterocycles. The largest absolute Gasteiger partial charge is 0.372 e. The van der Waals surface area contributed by atoms with Crippen molar-refractivity contribution in [1.82, 2.24) is 0 Å². The summed E-state index contributed by atoms with van der Waals surface area (Å²) in [7, 11) is 0. The average molecular weight is 269 g/mol. The number of carbonyl (C=O) groups is 1. The molecule has 1 unspecified atom stereocenters. The van der Waals surface area contributed by atoms with Crippen LogP contribution in [0.15, 0.2) is 16.6 Å². The zero-order chi connectivity index (χ0) is 11.0. The molecular formula is C11H13BrN2O. The number of nitrogens with one attached hydrogen (secondary N) is 2. The van der Waals surface area contributed by atoms with Gasteiger partial charge < -0.3 is 10.6 Å². The Labute approximate surface area is 97.4 Å². The zero-order valence-electron chi connectivity index (χ0n) is 8.73. The monoisotopic (exact) mass is 268 g/mol. The second-order valence-corrected chi connectivity index (χ2v) is 4.54. The maximum Gasteiger partial charge on any atom is 0.246 e. The van der Waals surface area contributed by atoms with Crippen LogP contribution in [0.25, 0.3) is 0 Å². The highest BCUT2D eigenvalue weighted by Crippen LogP contribution is 2.34. The molecule has 0 aromatic heterocycles. The molecule has 1 aliphatic rings. The smallest absolute Gasteiger partial charge is 0.246 e. The summed E-state index contributed by atoms with van der Waals surface area (Å²) < 4.78 is 1.01. The lowest BCUT2D eigenvalue weighted by atomic mass is 10.1. The standard InChI is InChI=1S/C11H13BrN2O/c1-3-8-11(15)14-10-6(2)7(12)4-5-9(10)13-8/h4-5,8,13H,3H2,1-2H3,(H,14,15). The van der Waals surface area contributed by atoms with Crippen LogP contribution in [0.2, 0.25) is 0 Å². The molecule has 0 aliphatic carbocycles. The van der Waals surface area contributed by atoms with Gasteiger partial charge in [-0.25, -0.2) is 0 Å². The first kappa shape index (κ1) is 10.5. The third-order valence-corrected chi connectivity index (χ3v) is 3.56. The number of carbonyl (C=O) groups excluding carboxylic acids is 1. The molecule has 1 aromatic carbocycles. The Balaban J connectivity index is 2.45. The summed E-state index contributed by atoms with van der Waals surface area (Å²) in [6.07, 6.45) is 0.792. The first-order chi connectivity index (χ1) is 7.13. The molecule has 0 bridgehead atoms. The minimum Gasteiger partial charge on any atom is -0.372 e. The second-order valence-electron chi connectivity index (χ2n) is 3.69. The van der Waals surface area contributed by atoms with E-state index in [9.17, 15) is 4.79 Å². The van der Waals surface area contributed by atoms with Crippen LogP contribution in [-0.4, -0.2) is 11.9 Å². The zero-order valence-corrected chi connectivity index (χ0v) is 10.3. The van der Waals surface area contributed by atoms with Crippen LogP contribution in [0.5, 0.6) is 0 Å². The highest BCUT2D eigenvalue weighted by atomic mass is 79.9. The van der Waals surface area contributed by atoms with Crippen LogP contribution in [0, 0.1) is 6.92 Å². The fourth-order valence-corrected chi connectivity index (χ4v) is 2.05. The van der Waals surface area contributed by atoms with Gasteiger partial charge in [-0.1, -0.05) is 22.9 Å². The topological polar surface area (TPSA) is 41.1 Å². The normalized spacial score (nSPS) is 19.1. The Morgan fingerprint density at radius 1 is 1.47 bits per heavy atom. The Kier molecular flexibility index (Phi) is 2.69. The molecule has 0 spiro atoms. The minimum absolute atomic E-state index is 0.0474. The van der Waals surface area contributed by atoms with Gasteiger partial charge in [0.2, 0.25) is 5.91 Å². The number of rotatable bonds is 1. The van der Waals surface area contributed by atoms with E-state index in [1.807, 2.05) is 26.0 Å². The van der Waals surface area contributed by atoms with Gasteiger partial charge in [0.25, 0.3) is 0 Å². The second kappa shape index (κ2) is 3.85. The van der Waals surface area contributed by atoms with Gasteiger partial charge in [0.05, 0.1) is 11.4 Å². The molecular weight excluding hydrogens is 256 g/mol. The Morgan fingerprint density at radius 2 is 2.20 bits per heavy atom. The number of benzene rings is 1. The van der Waals surface area contributed by atoms with Crippen LogP contribution >= 0.6 is 15.9 Å². The Hall–Kier alpha value is -1.03. The van der Waals surface area contributed by atoms with Crippen molar-refractivity contribution in [3.8, 4) is 0 Å². The predicted octanol–water partition coefficient (Wildman–Crippen LogP) is 2.90. The third kappa shape index (κ3) is 1.74. The van der Waals surface area contributed by atoms with Crippen molar-refractivity contribution >= 4 is 33.2 Å². The van der Waals surface area contributed by atoms with E-state index in [0.29, 0.717) is 0 Å². The quantitative estimate of drug-likeness (QED) is 0.823. The van der Waals surface area contributed by atoms with E-state index in [0.717, 1.165) is 27.8 Å². The highest BCUT2D eigenvalue weighted by Gasteiger charge is 2.25. The molecule has 1 aromatic rings. The molecule has 15 heavy (non-hydrogen) atoms. The van der Waals surface area contributed by atoms with Crippen LogP contribution in [0.1, 0.15) is 18.9 Å². The van der Waals surface area contributed by atoms with Crippen molar-refractivity contribution < 1.29 is 4.79 Å². The molecule has 1 atom stereocenters. The predicted molar refractivity (Wildman–Crippen MR) is 65.2 cm³/mol. The van der Waals surface area contributed by atoms with Crippen molar-refractivity contribution in [3.63, 3.8) is 0 Å². The van der Waals surface area contributed by atoms with Gasteiger partial charge in [0, 0.05) is 4.47 Å².